The monoisotopic (exact) mass is 1680 g/mol. The largest absolute Gasteiger partial charge is 0.0776 e. The lowest BCUT2D eigenvalue weighted by molar-refractivity contribution is 2.50. The Morgan fingerprint density at radius 1 is 0.154 bits per heavy atom. The number of hydrogen-bond acceptors (Lipinski definition) is 2. The van der Waals surface area contributed by atoms with Crippen LogP contribution in [0.2, 0.25) is 0 Å². The van der Waals surface area contributed by atoms with Crippen molar-refractivity contribution in [1.82, 2.24) is 0 Å². The molecule has 0 rings (SSSR count). The van der Waals surface area contributed by atoms with Gasteiger partial charge in [0.05, 0.1) is 0 Å². The minimum Gasteiger partial charge on any atom is -0.0776 e. The van der Waals surface area contributed by atoms with E-state index in [4.69, 9.17) is 49.1 Å². The highest BCUT2D eigenvalue weighted by atomic mass is 33.5. The van der Waals surface area contributed by atoms with Crippen molar-refractivity contribution in [1.29, 1.82) is 0 Å². The molecule has 0 bridgehead atoms. The van der Waals surface area contributed by atoms with Crippen LogP contribution < -0.4 is 0 Å². The van der Waals surface area contributed by atoms with Gasteiger partial charge in [0.2, 0.25) is 0 Å². The molecule has 0 atom stereocenters. The van der Waals surface area contributed by atoms with Gasteiger partial charge in [-0.1, -0.05) is 7.43 Å². The normalized spacial score (nSPS) is 9.00. The molecule has 0 amide bonds. The zero-order chi connectivity index (χ0) is 54.6. The van der Waals surface area contributed by atoms with Gasteiger partial charge in [-0.25, -0.2) is 0 Å². The van der Waals surface area contributed by atoms with Crippen molar-refractivity contribution in [3.8, 4) is 0 Å². The SMILES string of the molecule is C.S=S=S=S=S=S=S=S=S=S=S=S=S=S=S=S=S=S=S=S=S=S=S=S=S=S=S=S=S=S=S=S=S=S=S=S=S=S=S=S=S=S=S=S=S=S=S=S=S=S=S.[2H][2H].[2H][2H].[2H][2H].[2H][2H].[2H][2H].[2H][2H].[2H][2H].[2H][2H].[2H][2H]. The molecule has 0 aromatic heterocycles. The second kappa shape index (κ2) is 64.3. The first-order chi connectivity index (χ1) is 34.4. The zero-order valence-corrected chi connectivity index (χ0v) is 62.5. The van der Waals surface area contributed by atoms with E-state index in [1.54, 1.807) is 107 Å². The van der Waals surface area contributed by atoms with Crippen LogP contribution in [0.5, 0.6) is 0 Å². The van der Waals surface area contributed by atoms with Crippen LogP contribution in [0.25, 0.3) is 0 Å². The fourth-order valence-corrected chi connectivity index (χ4v) is 130. The number of hydrogen-bond donors (Lipinski definition) is 0. The van der Waals surface area contributed by atoms with Crippen LogP contribution in [-0.4, -0.2) is 0 Å². The topological polar surface area (TPSA) is 0 Å². The summed E-state index contributed by atoms with van der Waals surface area (Å²) in [4.78, 5) is 0. The molecule has 0 saturated carbocycles. The third-order valence-corrected chi connectivity index (χ3v) is 108. The smallest absolute Gasteiger partial charge is 0 e. The van der Waals surface area contributed by atoms with Gasteiger partial charge in [0.25, 0.3) is 0 Å². The van der Waals surface area contributed by atoms with Crippen molar-refractivity contribution >= 4 is 458 Å². The van der Waals surface area contributed by atoms with E-state index in [0.717, 1.165) is 0 Å². The van der Waals surface area contributed by atoms with Crippen molar-refractivity contribution in [2.75, 3.05) is 0 Å². The van der Waals surface area contributed by atoms with Gasteiger partial charge in [0.1, 0.15) is 0 Å². The predicted molar refractivity (Wildman–Crippen MR) is 401 cm³/mol. The molecule has 0 unspecified atom stereocenters. The lowest BCUT2D eigenvalue weighted by Crippen LogP contribution is -1.41. The maximum atomic E-state index is 5.00. The van der Waals surface area contributed by atoms with Crippen LogP contribution in [0, 0.1) is 0 Å². The summed E-state index contributed by atoms with van der Waals surface area (Å²) in [6.07, 6.45) is 0. The Hall–Kier alpha value is 11.2. The third kappa shape index (κ3) is 63.3. The van der Waals surface area contributed by atoms with Crippen molar-refractivity contribution in [2.24, 2.45) is 0 Å². The Bertz CT molecular complexity index is 3340. The van der Waals surface area contributed by atoms with Gasteiger partial charge in [-0.3, -0.25) is 0 Å². The summed E-state index contributed by atoms with van der Waals surface area (Å²) in [6, 6.07) is 0. The first-order valence-corrected chi connectivity index (χ1v) is 75.0. The summed E-state index contributed by atoms with van der Waals surface area (Å²) in [6.45, 7) is 0. The van der Waals surface area contributed by atoms with E-state index in [0.29, 0.717) is 0 Å². The molecule has 0 aliphatic heterocycles. The van der Waals surface area contributed by atoms with Gasteiger partial charge < -0.3 is 0 Å². The minimum absolute atomic E-state index is 0. The molecule has 0 nitrogen and oxygen atoms in total. The molecule has 0 aliphatic rings. The van der Waals surface area contributed by atoms with E-state index >= 15 is 0 Å². The molecule has 51 heteroatoms. The molecule has 52 heavy (non-hydrogen) atoms. The maximum absolute atomic E-state index is 5.00. The van der Waals surface area contributed by atoms with Crippen LogP contribution in [-0.2, 0) is 458 Å². The quantitative estimate of drug-likeness (QED) is 0.367. The molecule has 0 radical (unpaired) electrons. The van der Waals surface area contributed by atoms with Crippen LogP contribution in [0.4, 0.5) is 0 Å². The van der Waals surface area contributed by atoms with E-state index in [1.807, 2.05) is 311 Å². The lowest BCUT2D eigenvalue weighted by atomic mass is 12.0. The maximum Gasteiger partial charge on any atom is 0 e. The van der Waals surface area contributed by atoms with Gasteiger partial charge in [0.15, 0.2) is 0 Å². The third-order valence-electron chi connectivity index (χ3n) is 1.33. The average molecular weight is 1690 g/mol. The van der Waals surface area contributed by atoms with Gasteiger partial charge in [-0.15, -0.1) is 0 Å². The molecule has 332 valence electrons. The summed E-state index contributed by atoms with van der Waals surface area (Å²) in [5.41, 5.74) is 0. The molecule has 0 saturated heterocycles. The van der Waals surface area contributed by atoms with Crippen LogP contribution in [0.3, 0.4) is 0 Å². The average Bonchev–Trinajstić information content (AvgIpc) is 3.43. The highest BCUT2D eigenvalue weighted by Crippen LogP contribution is 1.45. The Kier molecular flexibility index (Phi) is 61.4. The Morgan fingerprint density at radius 2 is 0.212 bits per heavy atom. The Balaban J connectivity index is -0.000000181. The summed E-state index contributed by atoms with van der Waals surface area (Å²) < 4.78 is 90.0. The molecular weight excluding hydrogens is 1650 g/mol. The van der Waals surface area contributed by atoms with Crippen LogP contribution >= 0.6 is 0 Å². The van der Waals surface area contributed by atoms with Crippen LogP contribution in [0.15, 0.2) is 0 Å². The predicted octanol–water partition coefficient (Wildman–Crippen LogP) is 2.73. The van der Waals surface area contributed by atoms with E-state index in [-0.39, 0.29) is 7.43 Å². The van der Waals surface area contributed by atoms with Crippen molar-refractivity contribution < 1.29 is 26.7 Å². The Morgan fingerprint density at radius 3 is 0.269 bits per heavy atom. The van der Waals surface area contributed by atoms with Gasteiger partial charge in [-0.05, 0) is 0 Å². The van der Waals surface area contributed by atoms with E-state index in [1.165, 1.54) is 17.8 Å². The fourth-order valence-electron chi connectivity index (χ4n) is 0.533. The molecule has 0 fully saturated rings. The second-order valence-corrected chi connectivity index (χ2v) is 90.0. The highest BCUT2D eigenvalue weighted by molar-refractivity contribution is 8.82. The first-order valence-electron chi connectivity index (χ1n) is 17.3. The van der Waals surface area contributed by atoms with E-state index in [9.17, 15) is 0 Å². The summed E-state index contributed by atoms with van der Waals surface area (Å²) in [7, 11) is 87.5. The molecule has 0 aliphatic carbocycles. The fraction of sp³-hybridized carbons (Fsp3) is 1.00. The van der Waals surface area contributed by atoms with Gasteiger partial charge in [-0.2, -0.15) is 0 Å². The van der Waals surface area contributed by atoms with E-state index < -0.39 is 0 Å². The van der Waals surface area contributed by atoms with Crippen molar-refractivity contribution in [3.05, 3.63) is 0 Å². The molecule has 0 aromatic rings. The minimum atomic E-state index is 0. The molecule has 0 heterocycles. The van der Waals surface area contributed by atoms with Gasteiger partial charge >= 0.3 is 0 Å². The number of rotatable bonds is 0. The lowest BCUT2D eigenvalue weighted by Gasteiger charge is -1.41. The second-order valence-electron chi connectivity index (χ2n) is 3.33. The molecule has 0 aromatic carbocycles. The summed E-state index contributed by atoms with van der Waals surface area (Å²) in [5, 5.41) is 0. The van der Waals surface area contributed by atoms with Gasteiger partial charge in [0, 0.05) is 484 Å². The summed E-state index contributed by atoms with van der Waals surface area (Å²) in [5.74, 6) is 0. The standard InChI is InChI=1S/CH4.S51.9H2/c;1-3-5-7-9-11-13-15-17-19-21-23-25-27-29-31-33-35-37-39-41-43-45-47-49-51-50-48-46-44-42-40-38-36-34-32-30-28-26-24-22-20-18-16-14-12-10-8-6-4-2;;;;;;;;;/h1H4;;9*1H/i;;9*1+1D. The molecule has 0 N–H and O–H groups in total. The zero-order valence-electron chi connectivity index (χ0n) is 38.8. The van der Waals surface area contributed by atoms with Crippen LogP contribution in [0.1, 0.15) is 34.2 Å². The van der Waals surface area contributed by atoms with E-state index in [2.05, 4.69) is 0 Å². The molecule has 0 spiro atoms. The van der Waals surface area contributed by atoms with Crippen molar-refractivity contribution in [3.63, 3.8) is 0 Å². The highest BCUT2D eigenvalue weighted by Gasteiger charge is 1.46. The Labute approximate surface area is 479 Å². The summed E-state index contributed by atoms with van der Waals surface area (Å²) >= 11 is 9.63. The molecular formula is CH22S51. The van der Waals surface area contributed by atoms with Crippen molar-refractivity contribution in [2.45, 2.75) is 7.43 Å². The first kappa shape index (κ1) is 49.6.